The minimum absolute atomic E-state index is 0.155. The molecule has 0 amide bonds. The summed E-state index contributed by atoms with van der Waals surface area (Å²) in [5, 5.41) is 9.18. The first-order chi connectivity index (χ1) is 4.22. The maximum absolute atomic E-state index is 9.18. The largest absolute Gasteiger partial charge is 0.392 e. The average molecular weight is 129 g/mol. The highest BCUT2D eigenvalue weighted by molar-refractivity contribution is 4.79. The monoisotopic (exact) mass is 129 g/mol. The molecule has 1 saturated heterocycles. The summed E-state index contributed by atoms with van der Waals surface area (Å²) in [6.07, 6.45) is 2.25. The third kappa shape index (κ3) is 1.43. The van der Waals surface area contributed by atoms with Crippen LogP contribution in [0.4, 0.5) is 0 Å². The number of likely N-dealkylation sites (tertiary alicyclic amines) is 1. The molecule has 2 heteroatoms. The molecule has 2 nitrogen and oxygen atoms in total. The first-order valence-corrected chi connectivity index (χ1v) is 3.60. The first-order valence-electron chi connectivity index (χ1n) is 3.60. The fourth-order valence-corrected chi connectivity index (χ4v) is 1.55. The Hall–Kier alpha value is -0.0800. The zero-order valence-electron chi connectivity index (χ0n) is 6.17. The predicted octanol–water partition coefficient (Wildman–Crippen LogP) is 0.461. The summed E-state index contributed by atoms with van der Waals surface area (Å²) in [5.74, 6) is 0. The molecule has 0 aromatic heterocycles. The average Bonchev–Trinajstić information content (AvgIpc) is 2.13. The SMILES string of the molecule is C[C@H](O)[C@@H]1CCCN1C. The molecule has 0 unspecified atom stereocenters. The van der Waals surface area contributed by atoms with E-state index in [0.29, 0.717) is 6.04 Å². The molecule has 0 aromatic carbocycles. The second-order valence-corrected chi connectivity index (χ2v) is 2.93. The standard InChI is InChI=1S/C7H15NO/c1-6(9)7-4-3-5-8(7)2/h6-7,9H,3-5H2,1-2H3/t6-,7-/m0/s1. The van der Waals surface area contributed by atoms with Crippen molar-refractivity contribution >= 4 is 0 Å². The van der Waals surface area contributed by atoms with Crippen LogP contribution < -0.4 is 0 Å². The van der Waals surface area contributed by atoms with Crippen LogP contribution in [0.5, 0.6) is 0 Å². The van der Waals surface area contributed by atoms with Crippen LogP contribution in [0.15, 0.2) is 0 Å². The molecule has 0 spiro atoms. The van der Waals surface area contributed by atoms with Crippen LogP contribution in [0.2, 0.25) is 0 Å². The van der Waals surface area contributed by atoms with Crippen LogP contribution in [-0.4, -0.2) is 35.7 Å². The lowest BCUT2D eigenvalue weighted by Gasteiger charge is -2.21. The molecule has 1 aliphatic heterocycles. The molecule has 0 aromatic rings. The van der Waals surface area contributed by atoms with Gasteiger partial charge in [0.05, 0.1) is 6.10 Å². The number of aliphatic hydroxyl groups is 1. The molecular formula is C7H15NO. The quantitative estimate of drug-likeness (QED) is 0.556. The van der Waals surface area contributed by atoms with E-state index >= 15 is 0 Å². The summed E-state index contributed by atoms with van der Waals surface area (Å²) in [6.45, 7) is 3.02. The maximum atomic E-state index is 9.18. The number of likely N-dealkylation sites (N-methyl/N-ethyl adjacent to an activating group) is 1. The van der Waals surface area contributed by atoms with Gasteiger partial charge in [0, 0.05) is 6.04 Å². The van der Waals surface area contributed by atoms with Gasteiger partial charge < -0.3 is 10.0 Å². The second-order valence-electron chi connectivity index (χ2n) is 2.93. The van der Waals surface area contributed by atoms with E-state index in [4.69, 9.17) is 0 Å². The van der Waals surface area contributed by atoms with Crippen LogP contribution in [0.25, 0.3) is 0 Å². The zero-order valence-corrected chi connectivity index (χ0v) is 6.17. The van der Waals surface area contributed by atoms with Crippen molar-refractivity contribution in [2.24, 2.45) is 0 Å². The Kier molecular flexibility index (Phi) is 2.09. The third-order valence-corrected chi connectivity index (χ3v) is 2.13. The third-order valence-electron chi connectivity index (χ3n) is 2.13. The predicted molar refractivity (Wildman–Crippen MR) is 37.3 cm³/mol. The van der Waals surface area contributed by atoms with E-state index < -0.39 is 0 Å². The molecular weight excluding hydrogens is 114 g/mol. The van der Waals surface area contributed by atoms with Crippen molar-refractivity contribution in [3.8, 4) is 0 Å². The smallest absolute Gasteiger partial charge is 0.0667 e. The van der Waals surface area contributed by atoms with E-state index in [1.54, 1.807) is 0 Å². The summed E-state index contributed by atoms with van der Waals surface area (Å²) in [5.41, 5.74) is 0. The van der Waals surface area contributed by atoms with Gasteiger partial charge in [0.25, 0.3) is 0 Å². The lowest BCUT2D eigenvalue weighted by molar-refractivity contribution is 0.101. The Morgan fingerprint density at radius 2 is 2.33 bits per heavy atom. The van der Waals surface area contributed by atoms with Gasteiger partial charge in [0.1, 0.15) is 0 Å². The number of rotatable bonds is 1. The molecule has 1 rings (SSSR count). The highest BCUT2D eigenvalue weighted by Gasteiger charge is 2.24. The molecule has 2 atom stereocenters. The Balaban J connectivity index is 2.40. The van der Waals surface area contributed by atoms with Crippen molar-refractivity contribution in [3.63, 3.8) is 0 Å². The first kappa shape index (κ1) is 7.03. The van der Waals surface area contributed by atoms with Crippen molar-refractivity contribution in [1.82, 2.24) is 4.90 Å². The normalized spacial score (nSPS) is 33.0. The van der Waals surface area contributed by atoms with Crippen molar-refractivity contribution in [2.45, 2.75) is 31.9 Å². The lowest BCUT2D eigenvalue weighted by atomic mass is 10.1. The zero-order chi connectivity index (χ0) is 6.85. The molecule has 1 aliphatic rings. The summed E-state index contributed by atoms with van der Waals surface area (Å²) in [4.78, 5) is 2.23. The number of hydrogen-bond acceptors (Lipinski definition) is 2. The van der Waals surface area contributed by atoms with Crippen molar-refractivity contribution in [3.05, 3.63) is 0 Å². The van der Waals surface area contributed by atoms with E-state index in [2.05, 4.69) is 11.9 Å². The minimum Gasteiger partial charge on any atom is -0.392 e. The summed E-state index contributed by atoms with van der Waals surface area (Å²) in [6, 6.07) is 0.421. The van der Waals surface area contributed by atoms with Crippen LogP contribution in [-0.2, 0) is 0 Å². The lowest BCUT2D eigenvalue weighted by Crippen LogP contribution is -2.34. The van der Waals surface area contributed by atoms with Crippen LogP contribution in [0.1, 0.15) is 19.8 Å². The Labute approximate surface area is 56.5 Å². The number of aliphatic hydroxyl groups excluding tert-OH is 1. The van der Waals surface area contributed by atoms with Gasteiger partial charge in [0.2, 0.25) is 0 Å². The fraction of sp³-hybridized carbons (Fsp3) is 1.00. The van der Waals surface area contributed by atoms with E-state index in [9.17, 15) is 5.11 Å². The van der Waals surface area contributed by atoms with E-state index in [0.717, 1.165) is 13.0 Å². The minimum atomic E-state index is -0.155. The fourth-order valence-electron chi connectivity index (χ4n) is 1.55. The van der Waals surface area contributed by atoms with Gasteiger partial charge in [-0.1, -0.05) is 0 Å². The van der Waals surface area contributed by atoms with Gasteiger partial charge in [-0.2, -0.15) is 0 Å². The van der Waals surface area contributed by atoms with Crippen LogP contribution in [0, 0.1) is 0 Å². The second kappa shape index (κ2) is 2.67. The molecule has 1 fully saturated rings. The molecule has 0 aliphatic carbocycles. The van der Waals surface area contributed by atoms with Gasteiger partial charge >= 0.3 is 0 Å². The molecule has 0 saturated carbocycles. The van der Waals surface area contributed by atoms with Crippen molar-refractivity contribution < 1.29 is 5.11 Å². The topological polar surface area (TPSA) is 23.5 Å². The molecule has 54 valence electrons. The van der Waals surface area contributed by atoms with Gasteiger partial charge in [-0.3, -0.25) is 0 Å². The van der Waals surface area contributed by atoms with Gasteiger partial charge in [-0.05, 0) is 33.4 Å². The van der Waals surface area contributed by atoms with Crippen molar-refractivity contribution in [1.29, 1.82) is 0 Å². The molecule has 1 N–H and O–H groups in total. The number of hydrogen-bond donors (Lipinski definition) is 1. The molecule has 9 heavy (non-hydrogen) atoms. The van der Waals surface area contributed by atoms with Crippen LogP contribution >= 0.6 is 0 Å². The summed E-state index contributed by atoms with van der Waals surface area (Å²) < 4.78 is 0. The molecule has 0 bridgehead atoms. The Bertz CT molecular complexity index is 92.9. The van der Waals surface area contributed by atoms with Gasteiger partial charge in [-0.25, -0.2) is 0 Å². The van der Waals surface area contributed by atoms with E-state index in [1.165, 1.54) is 6.42 Å². The number of nitrogens with zero attached hydrogens (tertiary/aromatic N) is 1. The maximum Gasteiger partial charge on any atom is 0.0667 e. The van der Waals surface area contributed by atoms with E-state index in [-0.39, 0.29) is 6.10 Å². The molecule has 1 heterocycles. The summed E-state index contributed by atoms with van der Waals surface area (Å²) in [7, 11) is 2.07. The highest BCUT2D eigenvalue weighted by atomic mass is 16.3. The Morgan fingerprint density at radius 3 is 2.56 bits per heavy atom. The van der Waals surface area contributed by atoms with Crippen molar-refractivity contribution in [2.75, 3.05) is 13.6 Å². The molecule has 0 radical (unpaired) electrons. The Morgan fingerprint density at radius 1 is 1.67 bits per heavy atom. The van der Waals surface area contributed by atoms with Gasteiger partial charge in [-0.15, -0.1) is 0 Å². The van der Waals surface area contributed by atoms with Crippen LogP contribution in [0.3, 0.4) is 0 Å². The van der Waals surface area contributed by atoms with Gasteiger partial charge in [0.15, 0.2) is 0 Å². The summed E-state index contributed by atoms with van der Waals surface area (Å²) >= 11 is 0. The van der Waals surface area contributed by atoms with E-state index in [1.807, 2.05) is 6.92 Å². The highest BCUT2D eigenvalue weighted by Crippen LogP contribution is 2.17.